The number of carbonyl (C=O) groups excluding carboxylic acids is 1. The number of hydrogen-bond acceptors (Lipinski definition) is 4. The lowest BCUT2D eigenvalue weighted by Gasteiger charge is -2.44. The molecule has 0 bridgehead atoms. The van der Waals surface area contributed by atoms with Crippen molar-refractivity contribution in [3.8, 4) is 0 Å². The lowest BCUT2D eigenvalue weighted by molar-refractivity contribution is -0.141. The number of hydrogen-bond donors (Lipinski definition) is 2. The van der Waals surface area contributed by atoms with Crippen LogP contribution in [0.4, 0.5) is 4.79 Å². The molecule has 7 nitrogen and oxygen atoms in total. The Balaban J connectivity index is 2.16. The molecule has 0 saturated carbocycles. The molecule has 2 fully saturated rings. The maximum atomic E-state index is 12.5. The van der Waals surface area contributed by atoms with Crippen molar-refractivity contribution in [3.05, 3.63) is 0 Å². The number of urea groups is 1. The van der Waals surface area contributed by atoms with Gasteiger partial charge in [0.15, 0.2) is 0 Å². The molecule has 108 valence electrons. The van der Waals surface area contributed by atoms with Crippen LogP contribution < -0.4 is 0 Å². The predicted octanol–water partition coefficient (Wildman–Crippen LogP) is -0.263. The first-order valence-corrected chi connectivity index (χ1v) is 6.40. The summed E-state index contributed by atoms with van der Waals surface area (Å²) in [6.07, 6.45) is -0.680. The topological polar surface area (TPSA) is 90.3 Å². The third-order valence-electron chi connectivity index (χ3n) is 3.69. The summed E-state index contributed by atoms with van der Waals surface area (Å²) in [6, 6.07) is -1.28. The summed E-state index contributed by atoms with van der Waals surface area (Å²) in [4.78, 5) is 26.5. The van der Waals surface area contributed by atoms with Crippen molar-refractivity contribution in [1.29, 1.82) is 0 Å². The van der Waals surface area contributed by atoms with E-state index < -0.39 is 23.7 Å². The van der Waals surface area contributed by atoms with Gasteiger partial charge in [-0.25, -0.2) is 9.59 Å². The van der Waals surface area contributed by atoms with Crippen LogP contribution >= 0.6 is 0 Å². The number of ether oxygens (including phenoxy) is 1. The van der Waals surface area contributed by atoms with Crippen LogP contribution in [0.25, 0.3) is 0 Å². The summed E-state index contributed by atoms with van der Waals surface area (Å²) >= 11 is 0. The summed E-state index contributed by atoms with van der Waals surface area (Å²) in [5.41, 5.74) is -0.466. The van der Waals surface area contributed by atoms with Gasteiger partial charge in [-0.2, -0.15) is 0 Å². The van der Waals surface area contributed by atoms with E-state index in [4.69, 9.17) is 9.84 Å². The highest BCUT2D eigenvalue weighted by Crippen LogP contribution is 2.25. The Bertz CT molecular complexity index is 384. The van der Waals surface area contributed by atoms with E-state index in [1.807, 2.05) is 13.8 Å². The van der Waals surface area contributed by atoms with Crippen molar-refractivity contribution < 1.29 is 24.5 Å². The zero-order valence-electron chi connectivity index (χ0n) is 11.2. The van der Waals surface area contributed by atoms with Crippen LogP contribution in [-0.4, -0.2) is 76.0 Å². The fourth-order valence-electron chi connectivity index (χ4n) is 2.63. The van der Waals surface area contributed by atoms with E-state index in [1.54, 1.807) is 4.90 Å². The lowest BCUT2D eigenvalue weighted by atomic mass is 10.0. The number of amides is 2. The van der Waals surface area contributed by atoms with E-state index in [0.29, 0.717) is 19.8 Å². The number of carboxylic acid groups (broad SMARTS) is 1. The monoisotopic (exact) mass is 272 g/mol. The molecule has 2 amide bonds. The summed E-state index contributed by atoms with van der Waals surface area (Å²) in [5.74, 6) is -1.07. The molecule has 0 unspecified atom stereocenters. The first-order valence-electron chi connectivity index (χ1n) is 6.40. The number of aliphatic carboxylic acids is 1. The molecule has 0 aromatic carbocycles. The van der Waals surface area contributed by atoms with E-state index >= 15 is 0 Å². The van der Waals surface area contributed by atoms with Gasteiger partial charge in [-0.3, -0.25) is 0 Å². The third kappa shape index (κ3) is 2.66. The summed E-state index contributed by atoms with van der Waals surface area (Å²) in [7, 11) is 0. The van der Waals surface area contributed by atoms with Gasteiger partial charge in [0.25, 0.3) is 0 Å². The van der Waals surface area contributed by atoms with Crippen molar-refractivity contribution in [2.24, 2.45) is 0 Å². The molecule has 0 aliphatic carbocycles. The molecule has 2 aliphatic rings. The maximum absolute atomic E-state index is 12.5. The lowest BCUT2D eigenvalue weighted by Crippen LogP contribution is -2.60. The Labute approximate surface area is 111 Å². The van der Waals surface area contributed by atoms with Crippen molar-refractivity contribution in [3.63, 3.8) is 0 Å². The number of carboxylic acids is 1. The highest BCUT2D eigenvalue weighted by Gasteiger charge is 2.44. The van der Waals surface area contributed by atoms with Crippen molar-refractivity contribution in [2.45, 2.75) is 38.0 Å². The van der Waals surface area contributed by atoms with E-state index in [1.165, 1.54) is 4.90 Å². The highest BCUT2D eigenvalue weighted by molar-refractivity contribution is 5.84. The molecule has 2 aliphatic heterocycles. The first-order chi connectivity index (χ1) is 8.83. The van der Waals surface area contributed by atoms with Crippen molar-refractivity contribution in [1.82, 2.24) is 9.80 Å². The Kier molecular flexibility index (Phi) is 3.69. The van der Waals surface area contributed by atoms with E-state index in [0.717, 1.165) is 0 Å². The van der Waals surface area contributed by atoms with Gasteiger partial charge < -0.3 is 24.7 Å². The average Bonchev–Trinajstić information content (AvgIpc) is 2.70. The Hall–Kier alpha value is -1.34. The number of likely N-dealkylation sites (tertiary alicyclic amines) is 1. The summed E-state index contributed by atoms with van der Waals surface area (Å²) < 4.78 is 5.35. The van der Waals surface area contributed by atoms with Gasteiger partial charge in [-0.1, -0.05) is 0 Å². The molecule has 0 radical (unpaired) electrons. The van der Waals surface area contributed by atoms with Crippen LogP contribution in [0.2, 0.25) is 0 Å². The van der Waals surface area contributed by atoms with Gasteiger partial charge >= 0.3 is 12.0 Å². The fourth-order valence-corrected chi connectivity index (χ4v) is 2.63. The van der Waals surface area contributed by atoms with E-state index in [2.05, 4.69) is 0 Å². The molecular weight excluding hydrogens is 252 g/mol. The van der Waals surface area contributed by atoms with Crippen LogP contribution in [0.3, 0.4) is 0 Å². The second-order valence-corrected chi connectivity index (χ2v) is 5.70. The van der Waals surface area contributed by atoms with E-state index in [9.17, 15) is 14.7 Å². The SMILES string of the molecule is CC1(C)COCCN1C(=O)N1C[C@@H](O)C[C@H]1C(=O)O. The number of rotatable bonds is 1. The smallest absolute Gasteiger partial charge is 0.326 e. The number of carbonyl (C=O) groups is 2. The summed E-state index contributed by atoms with van der Waals surface area (Å²) in [5, 5.41) is 18.7. The molecule has 7 heteroatoms. The van der Waals surface area contributed by atoms with Crippen LogP contribution in [0.5, 0.6) is 0 Å². The molecule has 2 saturated heterocycles. The van der Waals surface area contributed by atoms with Crippen LogP contribution in [-0.2, 0) is 9.53 Å². The van der Waals surface area contributed by atoms with Gasteiger partial charge in [-0.15, -0.1) is 0 Å². The molecule has 2 atom stereocenters. The quantitative estimate of drug-likeness (QED) is 0.686. The third-order valence-corrected chi connectivity index (χ3v) is 3.69. The van der Waals surface area contributed by atoms with Crippen LogP contribution in [0, 0.1) is 0 Å². The molecule has 19 heavy (non-hydrogen) atoms. The standard InChI is InChI=1S/C12H20N2O5/c1-12(2)7-19-4-3-14(12)11(18)13-6-8(15)5-9(13)10(16)17/h8-9,15H,3-7H2,1-2H3,(H,16,17)/t8-,9-/m0/s1. The van der Waals surface area contributed by atoms with Crippen LogP contribution in [0.1, 0.15) is 20.3 Å². The Morgan fingerprint density at radius 1 is 1.37 bits per heavy atom. The predicted molar refractivity (Wildman–Crippen MR) is 65.8 cm³/mol. The highest BCUT2D eigenvalue weighted by atomic mass is 16.5. The van der Waals surface area contributed by atoms with Gasteiger partial charge in [0.1, 0.15) is 6.04 Å². The zero-order chi connectivity index (χ0) is 14.2. The number of morpholine rings is 1. The second-order valence-electron chi connectivity index (χ2n) is 5.70. The average molecular weight is 272 g/mol. The minimum Gasteiger partial charge on any atom is -0.480 e. The van der Waals surface area contributed by atoms with Crippen molar-refractivity contribution >= 4 is 12.0 Å². The number of aliphatic hydroxyl groups excluding tert-OH is 1. The molecule has 0 aromatic rings. The fraction of sp³-hybridized carbons (Fsp3) is 0.833. The van der Waals surface area contributed by atoms with Gasteiger partial charge in [0, 0.05) is 19.5 Å². The first kappa shape index (κ1) is 14.1. The van der Waals surface area contributed by atoms with Crippen LogP contribution in [0.15, 0.2) is 0 Å². The maximum Gasteiger partial charge on any atom is 0.326 e. The molecular formula is C12H20N2O5. The van der Waals surface area contributed by atoms with E-state index in [-0.39, 0.29) is 19.0 Å². The molecule has 2 rings (SSSR count). The Morgan fingerprint density at radius 2 is 2.05 bits per heavy atom. The number of nitrogens with zero attached hydrogens (tertiary/aromatic N) is 2. The van der Waals surface area contributed by atoms with Gasteiger partial charge in [0.05, 0.1) is 24.9 Å². The van der Waals surface area contributed by atoms with Gasteiger partial charge in [-0.05, 0) is 13.8 Å². The number of aliphatic hydroxyl groups is 1. The van der Waals surface area contributed by atoms with Gasteiger partial charge in [0.2, 0.25) is 0 Å². The minimum absolute atomic E-state index is 0.0727. The minimum atomic E-state index is -1.07. The summed E-state index contributed by atoms with van der Waals surface area (Å²) in [6.45, 7) is 5.14. The molecule has 2 heterocycles. The Morgan fingerprint density at radius 3 is 2.63 bits per heavy atom. The zero-order valence-corrected chi connectivity index (χ0v) is 11.2. The molecule has 0 spiro atoms. The van der Waals surface area contributed by atoms with Crippen molar-refractivity contribution in [2.75, 3.05) is 26.3 Å². The normalized spacial score (nSPS) is 30.5. The molecule has 2 N–H and O–H groups in total. The largest absolute Gasteiger partial charge is 0.480 e. The second kappa shape index (κ2) is 4.97. The number of β-amino-alcohol motifs (C(OH)–C–C–N with tert-alkyl or cyclic N) is 1. The molecule has 0 aromatic heterocycles.